The van der Waals surface area contributed by atoms with Gasteiger partial charge in [-0.15, -0.1) is 0 Å². The Balaban J connectivity index is 2.07. The Hall–Kier alpha value is -1.67. The lowest BCUT2D eigenvalue weighted by Crippen LogP contribution is -2.31. The summed E-state index contributed by atoms with van der Waals surface area (Å²) < 4.78 is 0. The number of fused-ring (bicyclic) bond motifs is 1. The van der Waals surface area contributed by atoms with Crippen molar-refractivity contribution in [2.24, 2.45) is 0 Å². The van der Waals surface area contributed by atoms with E-state index in [1.54, 1.807) is 0 Å². The van der Waals surface area contributed by atoms with Crippen LogP contribution in [0.3, 0.4) is 0 Å². The molecule has 0 fully saturated rings. The van der Waals surface area contributed by atoms with Crippen LogP contribution in [0.5, 0.6) is 0 Å². The van der Waals surface area contributed by atoms with E-state index in [0.717, 1.165) is 13.0 Å². The van der Waals surface area contributed by atoms with Gasteiger partial charge in [0.15, 0.2) is 0 Å². The summed E-state index contributed by atoms with van der Waals surface area (Å²) in [5, 5.41) is 3.64. The van der Waals surface area contributed by atoms with Crippen LogP contribution in [0, 0.1) is 0 Å². The lowest BCUT2D eigenvalue weighted by molar-refractivity contribution is 0.555. The van der Waals surface area contributed by atoms with Crippen molar-refractivity contribution in [2.75, 3.05) is 6.54 Å². The zero-order valence-electron chi connectivity index (χ0n) is 12.5. The first kappa shape index (κ1) is 13.3. The first-order valence-corrected chi connectivity index (χ1v) is 7.32. The highest BCUT2D eigenvalue weighted by Crippen LogP contribution is 2.32. The van der Waals surface area contributed by atoms with E-state index in [0.29, 0.717) is 6.04 Å². The predicted octanol–water partition coefficient (Wildman–Crippen LogP) is 3.61. The van der Waals surface area contributed by atoms with Crippen LogP contribution in [0.1, 0.15) is 49.1 Å². The third-order valence-corrected chi connectivity index (χ3v) is 4.11. The van der Waals surface area contributed by atoms with Gasteiger partial charge in [-0.1, -0.05) is 39.0 Å². The van der Waals surface area contributed by atoms with Gasteiger partial charge >= 0.3 is 0 Å². The number of aromatic nitrogens is 1. The molecule has 1 aliphatic rings. The van der Waals surface area contributed by atoms with Crippen LogP contribution in [-0.2, 0) is 11.8 Å². The van der Waals surface area contributed by atoms with Gasteiger partial charge in [-0.3, -0.25) is 4.98 Å². The number of rotatable bonds is 1. The molecule has 1 aromatic carbocycles. The van der Waals surface area contributed by atoms with Crippen molar-refractivity contribution in [1.29, 1.82) is 0 Å². The van der Waals surface area contributed by atoms with E-state index < -0.39 is 0 Å². The minimum atomic E-state index is 0.190. The normalized spacial score (nSPS) is 18.6. The Labute approximate surface area is 121 Å². The Morgan fingerprint density at radius 3 is 2.55 bits per heavy atom. The van der Waals surface area contributed by atoms with E-state index >= 15 is 0 Å². The van der Waals surface area contributed by atoms with E-state index in [2.05, 4.69) is 61.4 Å². The van der Waals surface area contributed by atoms with E-state index in [9.17, 15) is 0 Å². The zero-order chi connectivity index (χ0) is 14.2. The Bertz CT molecular complexity index is 597. The minimum Gasteiger partial charge on any atom is -0.306 e. The predicted molar refractivity (Wildman–Crippen MR) is 82.9 cm³/mol. The van der Waals surface area contributed by atoms with Crippen LogP contribution < -0.4 is 5.32 Å². The zero-order valence-corrected chi connectivity index (χ0v) is 12.5. The molecule has 2 heterocycles. The fourth-order valence-electron chi connectivity index (χ4n) is 2.87. The molecule has 2 aromatic rings. The molecule has 0 aliphatic carbocycles. The van der Waals surface area contributed by atoms with Crippen molar-refractivity contribution < 1.29 is 0 Å². The van der Waals surface area contributed by atoms with Crippen LogP contribution in [0.2, 0.25) is 0 Å². The molecule has 3 rings (SSSR count). The fraction of sp³-hybridized carbons (Fsp3) is 0.389. The SMILES string of the molecule is CC(C)(C)c1ccc2c(c1)C(c1ccncc1)NCC2. The Kier molecular flexibility index (Phi) is 3.35. The van der Waals surface area contributed by atoms with Crippen molar-refractivity contribution in [3.8, 4) is 0 Å². The molecule has 0 amide bonds. The molecule has 1 aliphatic heterocycles. The third kappa shape index (κ3) is 2.48. The monoisotopic (exact) mass is 266 g/mol. The van der Waals surface area contributed by atoms with Crippen molar-refractivity contribution >= 4 is 0 Å². The summed E-state index contributed by atoms with van der Waals surface area (Å²) in [4.78, 5) is 4.13. The number of hydrogen-bond acceptors (Lipinski definition) is 2. The number of pyridine rings is 1. The molecule has 1 N–H and O–H groups in total. The lowest BCUT2D eigenvalue weighted by Gasteiger charge is -2.30. The molecular weight excluding hydrogens is 244 g/mol. The molecular formula is C18H22N2. The second-order valence-electron chi connectivity index (χ2n) is 6.58. The van der Waals surface area contributed by atoms with Gasteiger partial charge in [0, 0.05) is 18.9 Å². The maximum Gasteiger partial charge on any atom is 0.0580 e. The number of hydrogen-bond donors (Lipinski definition) is 1. The first-order valence-electron chi connectivity index (χ1n) is 7.32. The molecule has 2 heteroatoms. The number of nitrogens with one attached hydrogen (secondary N) is 1. The third-order valence-electron chi connectivity index (χ3n) is 4.11. The van der Waals surface area contributed by atoms with Crippen LogP contribution in [0.4, 0.5) is 0 Å². The maximum atomic E-state index is 4.13. The molecule has 1 aromatic heterocycles. The summed E-state index contributed by atoms with van der Waals surface area (Å²) in [6.45, 7) is 7.85. The van der Waals surface area contributed by atoms with Crippen LogP contribution in [0.25, 0.3) is 0 Å². The van der Waals surface area contributed by atoms with Gasteiger partial charge in [0.25, 0.3) is 0 Å². The smallest absolute Gasteiger partial charge is 0.0580 e. The molecule has 0 bridgehead atoms. The van der Waals surface area contributed by atoms with Gasteiger partial charge in [0.1, 0.15) is 0 Å². The summed E-state index contributed by atoms with van der Waals surface area (Å²) in [7, 11) is 0. The second-order valence-corrected chi connectivity index (χ2v) is 6.58. The van der Waals surface area contributed by atoms with Crippen molar-refractivity contribution in [3.63, 3.8) is 0 Å². The van der Waals surface area contributed by atoms with Crippen molar-refractivity contribution in [1.82, 2.24) is 10.3 Å². The van der Waals surface area contributed by atoms with E-state index in [1.165, 1.54) is 22.3 Å². The quantitative estimate of drug-likeness (QED) is 0.853. The standard InChI is InChI=1S/C18H22N2/c1-18(2,3)15-5-4-13-8-11-20-17(16(13)12-15)14-6-9-19-10-7-14/h4-7,9-10,12,17,20H,8,11H2,1-3H3. The molecule has 20 heavy (non-hydrogen) atoms. The lowest BCUT2D eigenvalue weighted by atomic mass is 9.81. The topological polar surface area (TPSA) is 24.9 Å². The largest absolute Gasteiger partial charge is 0.306 e. The molecule has 104 valence electrons. The Morgan fingerprint density at radius 1 is 1.10 bits per heavy atom. The van der Waals surface area contributed by atoms with Crippen molar-refractivity contribution in [2.45, 2.75) is 38.6 Å². The van der Waals surface area contributed by atoms with Gasteiger partial charge < -0.3 is 5.32 Å². The second kappa shape index (κ2) is 5.02. The summed E-state index contributed by atoms with van der Waals surface area (Å²) >= 11 is 0. The molecule has 1 atom stereocenters. The van der Waals surface area contributed by atoms with Gasteiger partial charge in [0.2, 0.25) is 0 Å². The number of benzene rings is 1. The summed E-state index contributed by atoms with van der Waals surface area (Å²) in [5.74, 6) is 0. The summed E-state index contributed by atoms with van der Waals surface area (Å²) in [5.41, 5.74) is 5.79. The van der Waals surface area contributed by atoms with Crippen LogP contribution >= 0.6 is 0 Å². The molecule has 0 radical (unpaired) electrons. The minimum absolute atomic E-state index is 0.190. The van der Waals surface area contributed by atoms with Crippen LogP contribution in [0.15, 0.2) is 42.7 Å². The van der Waals surface area contributed by atoms with E-state index in [-0.39, 0.29) is 5.41 Å². The molecule has 1 unspecified atom stereocenters. The molecule has 0 saturated carbocycles. The van der Waals surface area contributed by atoms with Gasteiger partial charge in [-0.2, -0.15) is 0 Å². The van der Waals surface area contributed by atoms with Gasteiger partial charge in [-0.25, -0.2) is 0 Å². The Morgan fingerprint density at radius 2 is 1.85 bits per heavy atom. The van der Waals surface area contributed by atoms with Crippen molar-refractivity contribution in [3.05, 3.63) is 65.0 Å². The first-order chi connectivity index (χ1) is 9.55. The summed E-state index contributed by atoms with van der Waals surface area (Å²) in [6, 6.07) is 11.5. The van der Waals surface area contributed by atoms with Gasteiger partial charge in [-0.05, 0) is 46.2 Å². The van der Waals surface area contributed by atoms with E-state index in [4.69, 9.17) is 0 Å². The summed E-state index contributed by atoms with van der Waals surface area (Å²) in [6.07, 6.45) is 4.86. The fourth-order valence-corrected chi connectivity index (χ4v) is 2.87. The van der Waals surface area contributed by atoms with Gasteiger partial charge in [0.05, 0.1) is 6.04 Å². The van der Waals surface area contributed by atoms with Crippen LogP contribution in [-0.4, -0.2) is 11.5 Å². The molecule has 2 nitrogen and oxygen atoms in total. The highest BCUT2D eigenvalue weighted by molar-refractivity contribution is 5.43. The maximum absolute atomic E-state index is 4.13. The highest BCUT2D eigenvalue weighted by atomic mass is 14.9. The average Bonchev–Trinajstić information content (AvgIpc) is 2.46. The average molecular weight is 266 g/mol. The molecule has 0 spiro atoms. The molecule has 0 saturated heterocycles. The highest BCUT2D eigenvalue weighted by Gasteiger charge is 2.23. The van der Waals surface area contributed by atoms with E-state index in [1.807, 2.05) is 12.4 Å². The number of nitrogens with zero attached hydrogens (tertiary/aromatic N) is 1.